The smallest absolute Gasteiger partial charge is 0.317 e. The monoisotopic (exact) mass is 428 g/mol. The standard InChI is InChI=1S/C22H25FN4O2S/c1-13(2)24-22(28)27-10-8-16(9-11-27)21-25-18(12-30-21)19-14(3)29-26-20(19)15-4-6-17(23)7-5-15/h4-7,12-13,16H,8-11H2,1-3H3,(H,24,28). The number of urea groups is 1. The second kappa shape index (κ2) is 8.55. The predicted molar refractivity (Wildman–Crippen MR) is 115 cm³/mol. The highest BCUT2D eigenvalue weighted by Crippen LogP contribution is 2.38. The molecular formula is C22H25FN4O2S. The molecule has 1 aliphatic rings. The molecule has 2 aromatic heterocycles. The molecule has 4 rings (SSSR count). The number of aryl methyl sites for hydroxylation is 1. The molecule has 3 heterocycles. The second-order valence-electron chi connectivity index (χ2n) is 7.91. The molecule has 1 aliphatic heterocycles. The van der Waals surface area contributed by atoms with Crippen LogP contribution in [0.4, 0.5) is 9.18 Å². The molecule has 6 nitrogen and oxygen atoms in total. The second-order valence-corrected chi connectivity index (χ2v) is 8.80. The zero-order valence-electron chi connectivity index (χ0n) is 17.3. The lowest BCUT2D eigenvalue weighted by Gasteiger charge is -2.31. The first-order valence-corrected chi connectivity index (χ1v) is 11.0. The van der Waals surface area contributed by atoms with Crippen LogP contribution in [0.2, 0.25) is 0 Å². The molecule has 30 heavy (non-hydrogen) atoms. The van der Waals surface area contributed by atoms with Crippen molar-refractivity contribution < 1.29 is 13.7 Å². The van der Waals surface area contributed by atoms with Gasteiger partial charge < -0.3 is 14.7 Å². The van der Waals surface area contributed by atoms with Crippen molar-refractivity contribution in [3.8, 4) is 22.5 Å². The van der Waals surface area contributed by atoms with Crippen LogP contribution in [0.1, 0.15) is 43.4 Å². The van der Waals surface area contributed by atoms with Crippen LogP contribution in [-0.4, -0.2) is 40.2 Å². The van der Waals surface area contributed by atoms with Gasteiger partial charge >= 0.3 is 6.03 Å². The third kappa shape index (κ3) is 4.23. The third-order valence-corrected chi connectivity index (χ3v) is 6.31. The minimum Gasteiger partial charge on any atom is -0.360 e. The lowest BCUT2D eigenvalue weighted by Crippen LogP contribution is -2.46. The summed E-state index contributed by atoms with van der Waals surface area (Å²) >= 11 is 1.63. The van der Waals surface area contributed by atoms with Gasteiger partial charge in [-0.2, -0.15) is 0 Å². The van der Waals surface area contributed by atoms with Gasteiger partial charge in [-0.15, -0.1) is 11.3 Å². The summed E-state index contributed by atoms with van der Waals surface area (Å²) in [6.45, 7) is 7.25. The molecule has 158 valence electrons. The highest BCUT2D eigenvalue weighted by atomic mass is 32.1. The van der Waals surface area contributed by atoms with E-state index in [1.807, 2.05) is 31.1 Å². The largest absolute Gasteiger partial charge is 0.360 e. The van der Waals surface area contributed by atoms with Gasteiger partial charge in [0.15, 0.2) is 0 Å². The minimum absolute atomic E-state index is 0.00677. The van der Waals surface area contributed by atoms with Crippen molar-refractivity contribution in [1.29, 1.82) is 0 Å². The number of thiazole rings is 1. The highest BCUT2D eigenvalue weighted by molar-refractivity contribution is 7.10. The summed E-state index contributed by atoms with van der Waals surface area (Å²) in [6, 6.07) is 6.37. The van der Waals surface area contributed by atoms with Crippen LogP contribution in [0.3, 0.4) is 0 Å². The molecule has 0 bridgehead atoms. The Balaban J connectivity index is 1.50. The molecule has 1 N–H and O–H groups in total. The molecule has 8 heteroatoms. The Morgan fingerprint density at radius 1 is 1.27 bits per heavy atom. The van der Waals surface area contributed by atoms with E-state index in [4.69, 9.17) is 9.51 Å². The van der Waals surface area contributed by atoms with E-state index in [9.17, 15) is 9.18 Å². The summed E-state index contributed by atoms with van der Waals surface area (Å²) < 4.78 is 18.7. The molecule has 1 fully saturated rings. The highest BCUT2D eigenvalue weighted by Gasteiger charge is 2.27. The Labute approximate surface area is 179 Å². The fourth-order valence-corrected chi connectivity index (χ4v) is 4.72. The molecule has 0 spiro atoms. The van der Waals surface area contributed by atoms with E-state index in [2.05, 4.69) is 10.5 Å². The first kappa shape index (κ1) is 20.5. The van der Waals surface area contributed by atoms with E-state index < -0.39 is 0 Å². The number of hydrogen-bond donors (Lipinski definition) is 1. The first-order valence-electron chi connectivity index (χ1n) is 10.2. The third-order valence-electron chi connectivity index (χ3n) is 5.30. The number of halogens is 1. The Morgan fingerprint density at radius 3 is 2.63 bits per heavy atom. The van der Waals surface area contributed by atoms with Gasteiger partial charge in [-0.05, 0) is 57.9 Å². The molecule has 0 saturated carbocycles. The maximum atomic E-state index is 13.3. The number of piperidine rings is 1. The number of carbonyl (C=O) groups is 1. The maximum absolute atomic E-state index is 13.3. The van der Waals surface area contributed by atoms with Gasteiger partial charge in [0, 0.05) is 36.0 Å². The van der Waals surface area contributed by atoms with Crippen LogP contribution in [0, 0.1) is 12.7 Å². The van der Waals surface area contributed by atoms with Crippen molar-refractivity contribution >= 4 is 17.4 Å². The summed E-state index contributed by atoms with van der Waals surface area (Å²) in [5.41, 5.74) is 3.14. The number of aromatic nitrogens is 2. The van der Waals surface area contributed by atoms with Gasteiger partial charge in [0.2, 0.25) is 0 Å². The van der Waals surface area contributed by atoms with Crippen LogP contribution >= 0.6 is 11.3 Å². The van der Waals surface area contributed by atoms with Gasteiger partial charge in [0.05, 0.1) is 16.3 Å². The number of rotatable bonds is 4. The Kier molecular flexibility index (Phi) is 5.85. The topological polar surface area (TPSA) is 71.3 Å². The SMILES string of the molecule is Cc1onc(-c2ccc(F)cc2)c1-c1csc(C2CCN(C(=O)NC(C)C)CC2)n1. The molecule has 0 atom stereocenters. The Bertz CT molecular complexity index is 1020. The van der Waals surface area contributed by atoms with E-state index >= 15 is 0 Å². The van der Waals surface area contributed by atoms with Gasteiger partial charge in [-0.3, -0.25) is 0 Å². The summed E-state index contributed by atoms with van der Waals surface area (Å²) in [5, 5.41) is 10.2. The molecule has 1 saturated heterocycles. The number of nitrogens with one attached hydrogen (secondary N) is 1. The van der Waals surface area contributed by atoms with Crippen LogP contribution in [0.5, 0.6) is 0 Å². The van der Waals surface area contributed by atoms with E-state index in [0.29, 0.717) is 17.4 Å². The van der Waals surface area contributed by atoms with Crippen molar-refractivity contribution in [2.45, 2.75) is 45.6 Å². The number of amides is 2. The van der Waals surface area contributed by atoms with Crippen molar-refractivity contribution in [3.05, 3.63) is 46.2 Å². The molecule has 3 aromatic rings. The van der Waals surface area contributed by atoms with E-state index in [0.717, 1.165) is 47.8 Å². The number of carbonyl (C=O) groups excluding carboxylic acids is 1. The maximum Gasteiger partial charge on any atom is 0.317 e. The van der Waals surface area contributed by atoms with Crippen LogP contribution in [0.15, 0.2) is 34.2 Å². The number of likely N-dealkylation sites (tertiary alicyclic amines) is 1. The van der Waals surface area contributed by atoms with Crippen molar-refractivity contribution in [2.24, 2.45) is 0 Å². The zero-order valence-corrected chi connectivity index (χ0v) is 18.1. The fourth-order valence-electron chi connectivity index (χ4n) is 3.74. The van der Waals surface area contributed by atoms with Gasteiger partial charge in [-0.1, -0.05) is 5.16 Å². The summed E-state index contributed by atoms with van der Waals surface area (Å²) in [4.78, 5) is 19.0. The van der Waals surface area contributed by atoms with Gasteiger partial charge in [0.1, 0.15) is 17.3 Å². The lowest BCUT2D eigenvalue weighted by atomic mass is 9.97. The molecule has 2 amide bonds. The van der Waals surface area contributed by atoms with Gasteiger partial charge in [-0.25, -0.2) is 14.2 Å². The number of nitrogens with zero attached hydrogens (tertiary/aromatic N) is 3. The van der Waals surface area contributed by atoms with Crippen LogP contribution in [0.25, 0.3) is 22.5 Å². The lowest BCUT2D eigenvalue weighted by molar-refractivity contribution is 0.179. The number of benzene rings is 1. The van der Waals surface area contributed by atoms with Crippen molar-refractivity contribution in [1.82, 2.24) is 20.4 Å². The molecule has 0 unspecified atom stereocenters. The molecular weight excluding hydrogens is 403 g/mol. The van der Waals surface area contributed by atoms with Crippen molar-refractivity contribution in [2.75, 3.05) is 13.1 Å². The first-order chi connectivity index (χ1) is 14.4. The van der Waals surface area contributed by atoms with Crippen LogP contribution in [-0.2, 0) is 0 Å². The normalized spacial score (nSPS) is 15.0. The molecule has 1 aromatic carbocycles. The average molecular weight is 429 g/mol. The average Bonchev–Trinajstić information content (AvgIpc) is 3.35. The summed E-state index contributed by atoms with van der Waals surface area (Å²) in [5.74, 6) is 0.734. The predicted octanol–water partition coefficient (Wildman–Crippen LogP) is 5.21. The van der Waals surface area contributed by atoms with Crippen LogP contribution < -0.4 is 5.32 Å². The Morgan fingerprint density at radius 2 is 1.97 bits per heavy atom. The van der Waals surface area contributed by atoms with E-state index in [1.165, 1.54) is 12.1 Å². The molecule has 0 aliphatic carbocycles. The van der Waals surface area contributed by atoms with E-state index in [-0.39, 0.29) is 17.9 Å². The summed E-state index contributed by atoms with van der Waals surface area (Å²) in [6.07, 6.45) is 1.79. The van der Waals surface area contributed by atoms with Gasteiger partial charge in [0.25, 0.3) is 0 Å². The quantitative estimate of drug-likeness (QED) is 0.619. The van der Waals surface area contributed by atoms with E-state index in [1.54, 1.807) is 23.5 Å². The minimum atomic E-state index is -0.287. The molecule has 0 radical (unpaired) electrons. The zero-order chi connectivity index (χ0) is 21.3. The number of hydrogen-bond acceptors (Lipinski definition) is 5. The van der Waals surface area contributed by atoms with Crippen molar-refractivity contribution in [3.63, 3.8) is 0 Å². The Hall–Kier alpha value is -2.74. The fraction of sp³-hybridized carbons (Fsp3) is 0.409. The summed E-state index contributed by atoms with van der Waals surface area (Å²) in [7, 11) is 0.